The van der Waals surface area contributed by atoms with Gasteiger partial charge >= 0.3 is 0 Å². The van der Waals surface area contributed by atoms with Crippen LogP contribution in [0.4, 0.5) is 11.4 Å². The zero-order valence-electron chi connectivity index (χ0n) is 16.4. The maximum Gasteiger partial charge on any atom is 0.262 e. The minimum absolute atomic E-state index is 0.199. The molecule has 0 atom stereocenters. The molecule has 0 bridgehead atoms. The molecule has 31 heavy (non-hydrogen) atoms. The lowest BCUT2D eigenvalue weighted by Crippen LogP contribution is -2.33. The third-order valence-electron chi connectivity index (χ3n) is 4.09. The number of carbonyl (C=O) groups is 3. The number of hydrogen-bond acceptors (Lipinski definition) is 4. The van der Waals surface area contributed by atoms with Crippen LogP contribution in [0.2, 0.25) is 0 Å². The molecule has 0 unspecified atom stereocenters. The van der Waals surface area contributed by atoms with Gasteiger partial charge in [-0.25, -0.2) is 0 Å². The SMILES string of the molecule is O=C(CNC(=O)c1ccccc1OCC(=O)Nc1ccc(I)cc1)Nc1ccccc1. The highest BCUT2D eigenvalue weighted by atomic mass is 127. The minimum Gasteiger partial charge on any atom is -0.483 e. The molecule has 0 spiro atoms. The van der Waals surface area contributed by atoms with E-state index in [9.17, 15) is 14.4 Å². The number of halogens is 1. The molecule has 7 nitrogen and oxygen atoms in total. The Morgan fingerprint density at radius 3 is 2.10 bits per heavy atom. The van der Waals surface area contributed by atoms with E-state index < -0.39 is 5.91 Å². The van der Waals surface area contributed by atoms with E-state index >= 15 is 0 Å². The molecular weight excluding hydrogens is 509 g/mol. The predicted molar refractivity (Wildman–Crippen MR) is 127 cm³/mol. The van der Waals surface area contributed by atoms with Crippen molar-refractivity contribution in [3.63, 3.8) is 0 Å². The zero-order chi connectivity index (χ0) is 22.1. The van der Waals surface area contributed by atoms with Gasteiger partial charge in [0.05, 0.1) is 12.1 Å². The number of nitrogens with one attached hydrogen (secondary N) is 3. The molecule has 0 aliphatic carbocycles. The van der Waals surface area contributed by atoms with Gasteiger partial charge in [-0.1, -0.05) is 30.3 Å². The van der Waals surface area contributed by atoms with Gasteiger partial charge in [0.25, 0.3) is 11.8 Å². The third kappa shape index (κ3) is 7.10. The van der Waals surface area contributed by atoms with E-state index in [2.05, 4.69) is 38.5 Å². The molecule has 158 valence electrons. The van der Waals surface area contributed by atoms with Crippen molar-refractivity contribution in [2.75, 3.05) is 23.8 Å². The first-order valence-corrected chi connectivity index (χ1v) is 10.5. The van der Waals surface area contributed by atoms with Crippen molar-refractivity contribution in [1.82, 2.24) is 5.32 Å². The number of amides is 3. The van der Waals surface area contributed by atoms with Gasteiger partial charge < -0.3 is 20.7 Å². The maximum absolute atomic E-state index is 12.5. The van der Waals surface area contributed by atoms with Crippen LogP contribution in [0, 0.1) is 3.57 Å². The lowest BCUT2D eigenvalue weighted by atomic mass is 10.2. The summed E-state index contributed by atoms with van der Waals surface area (Å²) in [7, 11) is 0. The number of rotatable bonds is 8. The molecule has 0 heterocycles. The Morgan fingerprint density at radius 1 is 0.742 bits per heavy atom. The zero-order valence-corrected chi connectivity index (χ0v) is 18.6. The summed E-state index contributed by atoms with van der Waals surface area (Å²) in [4.78, 5) is 36.7. The maximum atomic E-state index is 12.5. The summed E-state index contributed by atoms with van der Waals surface area (Å²) < 4.78 is 6.60. The van der Waals surface area contributed by atoms with Crippen molar-refractivity contribution >= 4 is 51.7 Å². The quantitative estimate of drug-likeness (QED) is 0.388. The van der Waals surface area contributed by atoms with Gasteiger partial charge in [-0.05, 0) is 71.1 Å². The molecule has 0 fully saturated rings. The molecule has 0 saturated heterocycles. The highest BCUT2D eigenvalue weighted by Gasteiger charge is 2.14. The summed E-state index contributed by atoms with van der Waals surface area (Å²) in [5, 5.41) is 7.98. The van der Waals surface area contributed by atoms with Gasteiger partial charge in [-0.15, -0.1) is 0 Å². The standard InChI is InChI=1S/C23H20IN3O4/c24-16-10-12-18(13-11-16)27-22(29)15-31-20-9-5-4-8-19(20)23(30)25-14-21(28)26-17-6-2-1-3-7-17/h1-13H,14-15H2,(H,25,30)(H,26,28)(H,27,29). The van der Waals surface area contributed by atoms with Crippen molar-refractivity contribution < 1.29 is 19.1 Å². The molecule has 0 radical (unpaired) electrons. The molecule has 3 aromatic carbocycles. The van der Waals surface area contributed by atoms with E-state index in [4.69, 9.17) is 4.74 Å². The molecule has 3 aromatic rings. The molecule has 0 aliphatic rings. The smallest absolute Gasteiger partial charge is 0.262 e. The minimum atomic E-state index is -0.475. The van der Waals surface area contributed by atoms with Crippen LogP contribution in [0.15, 0.2) is 78.9 Å². The number of hydrogen-bond donors (Lipinski definition) is 3. The van der Waals surface area contributed by atoms with Crippen molar-refractivity contribution in [3.8, 4) is 5.75 Å². The molecule has 0 aromatic heterocycles. The lowest BCUT2D eigenvalue weighted by Gasteiger charge is -2.12. The normalized spacial score (nSPS) is 10.1. The Balaban J connectivity index is 1.52. The monoisotopic (exact) mass is 529 g/mol. The van der Waals surface area contributed by atoms with Gasteiger partial charge in [-0.3, -0.25) is 14.4 Å². The fourth-order valence-corrected chi connectivity index (χ4v) is 3.00. The second kappa shape index (κ2) is 11.1. The van der Waals surface area contributed by atoms with E-state index in [-0.39, 0.29) is 36.3 Å². The first kappa shape index (κ1) is 22.3. The number of carbonyl (C=O) groups excluding carboxylic acids is 3. The van der Waals surface area contributed by atoms with E-state index in [1.54, 1.807) is 60.7 Å². The van der Waals surface area contributed by atoms with Gasteiger partial charge in [0, 0.05) is 14.9 Å². The largest absolute Gasteiger partial charge is 0.483 e. The molecular formula is C23H20IN3O4. The topological polar surface area (TPSA) is 96.5 Å². The second-order valence-corrected chi connectivity index (χ2v) is 7.68. The first-order valence-electron chi connectivity index (χ1n) is 9.41. The molecule has 3 rings (SSSR count). The van der Waals surface area contributed by atoms with Crippen molar-refractivity contribution in [2.45, 2.75) is 0 Å². The number of benzene rings is 3. The van der Waals surface area contributed by atoms with Crippen molar-refractivity contribution in [2.24, 2.45) is 0 Å². The Bertz CT molecular complexity index is 1060. The summed E-state index contributed by atoms with van der Waals surface area (Å²) in [5.74, 6) is -0.924. The van der Waals surface area contributed by atoms with E-state index in [1.165, 1.54) is 0 Å². The van der Waals surface area contributed by atoms with Crippen LogP contribution in [-0.2, 0) is 9.59 Å². The average Bonchev–Trinajstić information content (AvgIpc) is 2.78. The Kier molecular flexibility index (Phi) is 7.99. The van der Waals surface area contributed by atoms with E-state index in [0.717, 1.165) is 3.57 Å². The van der Waals surface area contributed by atoms with Crippen LogP contribution >= 0.6 is 22.6 Å². The Hall–Kier alpha value is -3.40. The Morgan fingerprint density at radius 2 is 1.35 bits per heavy atom. The summed E-state index contributed by atoms with van der Waals surface area (Å²) in [6.45, 7) is -0.458. The molecule has 8 heteroatoms. The van der Waals surface area contributed by atoms with E-state index in [0.29, 0.717) is 11.4 Å². The highest BCUT2D eigenvalue weighted by molar-refractivity contribution is 14.1. The molecule has 0 aliphatic heterocycles. The number of anilines is 2. The molecule has 0 saturated carbocycles. The molecule has 3 amide bonds. The lowest BCUT2D eigenvalue weighted by molar-refractivity contribution is -0.118. The van der Waals surface area contributed by atoms with Crippen molar-refractivity contribution in [3.05, 3.63) is 88.0 Å². The molecule has 3 N–H and O–H groups in total. The van der Waals surface area contributed by atoms with Crippen LogP contribution in [0.25, 0.3) is 0 Å². The van der Waals surface area contributed by atoms with Gasteiger partial charge in [-0.2, -0.15) is 0 Å². The van der Waals surface area contributed by atoms with Crippen LogP contribution in [-0.4, -0.2) is 30.9 Å². The second-order valence-electron chi connectivity index (χ2n) is 6.44. The first-order chi connectivity index (χ1) is 15.0. The number of para-hydroxylation sites is 2. The fraction of sp³-hybridized carbons (Fsp3) is 0.0870. The summed E-state index contributed by atoms with van der Waals surface area (Å²) in [6, 6.07) is 22.8. The average molecular weight is 529 g/mol. The van der Waals surface area contributed by atoms with Crippen molar-refractivity contribution in [1.29, 1.82) is 0 Å². The summed E-state index contributed by atoms with van der Waals surface area (Å²) in [6.07, 6.45) is 0. The van der Waals surface area contributed by atoms with Gasteiger partial charge in [0.2, 0.25) is 5.91 Å². The number of ether oxygens (including phenoxy) is 1. The summed E-state index contributed by atoms with van der Waals surface area (Å²) in [5.41, 5.74) is 1.53. The van der Waals surface area contributed by atoms with Gasteiger partial charge in [0.15, 0.2) is 6.61 Å². The third-order valence-corrected chi connectivity index (χ3v) is 4.80. The summed E-state index contributed by atoms with van der Waals surface area (Å²) >= 11 is 2.18. The van der Waals surface area contributed by atoms with Crippen LogP contribution in [0.5, 0.6) is 5.75 Å². The van der Waals surface area contributed by atoms with Crippen LogP contribution in [0.1, 0.15) is 10.4 Å². The van der Waals surface area contributed by atoms with Crippen LogP contribution < -0.4 is 20.7 Å². The Labute approximate surface area is 193 Å². The highest BCUT2D eigenvalue weighted by Crippen LogP contribution is 2.18. The van der Waals surface area contributed by atoms with E-state index in [1.807, 2.05) is 18.2 Å². The predicted octanol–water partition coefficient (Wildman–Crippen LogP) is 3.68. The van der Waals surface area contributed by atoms with Crippen LogP contribution in [0.3, 0.4) is 0 Å². The fourth-order valence-electron chi connectivity index (χ4n) is 2.64. The van der Waals surface area contributed by atoms with Gasteiger partial charge in [0.1, 0.15) is 5.75 Å².